The van der Waals surface area contributed by atoms with Crippen molar-refractivity contribution in [3.05, 3.63) is 28.8 Å². The summed E-state index contributed by atoms with van der Waals surface area (Å²) < 4.78 is 0. The number of amides is 2. The number of rotatable bonds is 1. The minimum absolute atomic E-state index is 0.0853. The zero-order valence-electron chi connectivity index (χ0n) is 11.3. The van der Waals surface area contributed by atoms with Crippen LogP contribution in [0.5, 0.6) is 5.75 Å². The molecule has 6 heteroatoms. The Labute approximate surface area is 116 Å². The van der Waals surface area contributed by atoms with Crippen LogP contribution in [0.1, 0.15) is 42.4 Å². The van der Waals surface area contributed by atoms with Crippen molar-refractivity contribution in [1.29, 1.82) is 0 Å². The maximum atomic E-state index is 11.7. The van der Waals surface area contributed by atoms with Crippen LogP contribution in [-0.2, 0) is 9.59 Å². The van der Waals surface area contributed by atoms with E-state index in [0.717, 1.165) is 22.4 Å². The van der Waals surface area contributed by atoms with Crippen molar-refractivity contribution in [3.63, 3.8) is 0 Å². The number of hydrogen-bond acceptors (Lipinski definition) is 4. The SMILES string of the molecule is Cc1cc(C2=NNC(=O)CC2)c2c(c1)C(C)C(=O)NO2. The maximum Gasteiger partial charge on any atom is 0.259 e. The van der Waals surface area contributed by atoms with Crippen LogP contribution < -0.4 is 15.7 Å². The van der Waals surface area contributed by atoms with Crippen molar-refractivity contribution in [3.8, 4) is 5.75 Å². The molecule has 3 rings (SSSR count). The molecule has 2 N–H and O–H groups in total. The van der Waals surface area contributed by atoms with Gasteiger partial charge in [0.1, 0.15) is 0 Å². The minimum atomic E-state index is -0.267. The molecule has 0 radical (unpaired) electrons. The van der Waals surface area contributed by atoms with Gasteiger partial charge in [-0.25, -0.2) is 5.43 Å². The van der Waals surface area contributed by atoms with Gasteiger partial charge in [0.2, 0.25) is 5.91 Å². The molecule has 20 heavy (non-hydrogen) atoms. The van der Waals surface area contributed by atoms with Crippen molar-refractivity contribution in [1.82, 2.24) is 10.9 Å². The molecule has 1 aromatic rings. The second-order valence-electron chi connectivity index (χ2n) is 5.11. The maximum absolute atomic E-state index is 11.7. The second-order valence-corrected chi connectivity index (χ2v) is 5.11. The Kier molecular flexibility index (Phi) is 2.93. The Hall–Kier alpha value is -2.37. The van der Waals surface area contributed by atoms with Crippen LogP contribution in [0.15, 0.2) is 17.2 Å². The molecular formula is C14H15N3O3. The number of benzene rings is 1. The summed E-state index contributed by atoms with van der Waals surface area (Å²) in [6.07, 6.45) is 0.969. The number of fused-ring (bicyclic) bond motifs is 1. The quantitative estimate of drug-likeness (QED) is 0.805. The predicted octanol–water partition coefficient (Wildman–Crippen LogP) is 1.14. The van der Waals surface area contributed by atoms with E-state index in [0.29, 0.717) is 18.6 Å². The van der Waals surface area contributed by atoms with E-state index >= 15 is 0 Å². The number of carbonyl (C=O) groups is 2. The normalized spacial score (nSPS) is 21.3. The number of aryl methyl sites for hydroxylation is 1. The van der Waals surface area contributed by atoms with E-state index < -0.39 is 0 Å². The fourth-order valence-electron chi connectivity index (χ4n) is 2.45. The highest BCUT2D eigenvalue weighted by atomic mass is 16.7. The van der Waals surface area contributed by atoms with Crippen LogP contribution in [0.25, 0.3) is 0 Å². The number of carbonyl (C=O) groups excluding carboxylic acids is 2. The number of hydroxylamine groups is 1. The lowest BCUT2D eigenvalue weighted by Gasteiger charge is -2.26. The Morgan fingerprint density at radius 2 is 2.10 bits per heavy atom. The van der Waals surface area contributed by atoms with Crippen LogP contribution in [0, 0.1) is 6.92 Å². The zero-order chi connectivity index (χ0) is 14.3. The Bertz CT molecular complexity index is 637. The van der Waals surface area contributed by atoms with Crippen molar-refractivity contribution in [2.45, 2.75) is 32.6 Å². The van der Waals surface area contributed by atoms with Gasteiger partial charge in [0.15, 0.2) is 5.75 Å². The summed E-state index contributed by atoms with van der Waals surface area (Å²) >= 11 is 0. The van der Waals surface area contributed by atoms with Crippen molar-refractivity contribution < 1.29 is 14.4 Å². The Morgan fingerprint density at radius 1 is 1.30 bits per heavy atom. The molecule has 1 atom stereocenters. The lowest BCUT2D eigenvalue weighted by molar-refractivity contribution is -0.130. The molecule has 0 saturated heterocycles. The topological polar surface area (TPSA) is 79.8 Å². The van der Waals surface area contributed by atoms with Gasteiger partial charge >= 0.3 is 0 Å². The molecule has 0 spiro atoms. The lowest BCUT2D eigenvalue weighted by Crippen LogP contribution is -2.37. The minimum Gasteiger partial charge on any atom is -0.378 e. The van der Waals surface area contributed by atoms with Crippen LogP contribution >= 0.6 is 0 Å². The molecule has 0 bridgehead atoms. The standard InChI is InChI=1S/C14H15N3O3/c1-7-5-9-8(2)14(19)17-20-13(9)10(6-7)11-3-4-12(18)16-15-11/h5-6,8H,3-4H2,1-2H3,(H,16,18)(H,17,19). The molecule has 0 aliphatic carbocycles. The van der Waals surface area contributed by atoms with E-state index in [1.807, 2.05) is 26.0 Å². The van der Waals surface area contributed by atoms with Crippen molar-refractivity contribution in [2.75, 3.05) is 0 Å². The number of nitrogens with zero attached hydrogens (tertiary/aromatic N) is 1. The van der Waals surface area contributed by atoms with Gasteiger partial charge in [0, 0.05) is 24.0 Å². The highest BCUT2D eigenvalue weighted by Crippen LogP contribution is 2.35. The first kappa shape index (κ1) is 12.7. The summed E-state index contributed by atoms with van der Waals surface area (Å²) in [5, 5.41) is 4.10. The van der Waals surface area contributed by atoms with E-state index in [4.69, 9.17) is 4.84 Å². The third kappa shape index (κ3) is 2.03. The van der Waals surface area contributed by atoms with Gasteiger partial charge in [-0.1, -0.05) is 6.07 Å². The molecule has 2 aliphatic heterocycles. The first-order valence-electron chi connectivity index (χ1n) is 6.53. The van der Waals surface area contributed by atoms with Crippen LogP contribution in [0.2, 0.25) is 0 Å². The predicted molar refractivity (Wildman–Crippen MR) is 72.3 cm³/mol. The van der Waals surface area contributed by atoms with Gasteiger partial charge in [-0.15, -0.1) is 0 Å². The van der Waals surface area contributed by atoms with Gasteiger partial charge in [-0.05, 0) is 25.5 Å². The second kappa shape index (κ2) is 4.63. The Morgan fingerprint density at radius 3 is 2.80 bits per heavy atom. The monoisotopic (exact) mass is 273 g/mol. The molecule has 2 heterocycles. The van der Waals surface area contributed by atoms with Gasteiger partial charge in [-0.2, -0.15) is 10.6 Å². The average molecular weight is 273 g/mol. The van der Waals surface area contributed by atoms with E-state index in [-0.39, 0.29) is 17.7 Å². The molecule has 0 aromatic heterocycles. The van der Waals surface area contributed by atoms with Gasteiger partial charge < -0.3 is 4.84 Å². The van der Waals surface area contributed by atoms with Crippen molar-refractivity contribution >= 4 is 17.5 Å². The molecule has 2 aliphatic rings. The molecular weight excluding hydrogens is 258 g/mol. The number of nitrogens with one attached hydrogen (secondary N) is 2. The smallest absolute Gasteiger partial charge is 0.259 e. The first-order chi connectivity index (χ1) is 9.56. The zero-order valence-corrected chi connectivity index (χ0v) is 11.3. The highest BCUT2D eigenvalue weighted by Gasteiger charge is 2.29. The summed E-state index contributed by atoms with van der Waals surface area (Å²) in [6, 6.07) is 3.91. The summed E-state index contributed by atoms with van der Waals surface area (Å²) in [7, 11) is 0. The number of hydrogen-bond donors (Lipinski definition) is 2. The van der Waals surface area contributed by atoms with Gasteiger partial charge in [0.25, 0.3) is 5.91 Å². The average Bonchev–Trinajstić information content (AvgIpc) is 2.43. The Balaban J connectivity index is 2.10. The first-order valence-corrected chi connectivity index (χ1v) is 6.53. The molecule has 0 fully saturated rings. The fraction of sp³-hybridized carbons (Fsp3) is 0.357. The van der Waals surface area contributed by atoms with E-state index in [1.54, 1.807) is 0 Å². The van der Waals surface area contributed by atoms with Crippen LogP contribution in [0.4, 0.5) is 0 Å². The molecule has 1 unspecified atom stereocenters. The summed E-state index contributed by atoms with van der Waals surface area (Å²) in [6.45, 7) is 3.80. The highest BCUT2D eigenvalue weighted by molar-refractivity contribution is 6.07. The van der Waals surface area contributed by atoms with Crippen LogP contribution in [-0.4, -0.2) is 17.5 Å². The third-order valence-electron chi connectivity index (χ3n) is 3.59. The molecule has 1 aromatic carbocycles. The fourth-order valence-corrected chi connectivity index (χ4v) is 2.45. The molecule has 0 saturated carbocycles. The van der Waals surface area contributed by atoms with Crippen LogP contribution in [0.3, 0.4) is 0 Å². The lowest BCUT2D eigenvalue weighted by atomic mass is 9.91. The van der Waals surface area contributed by atoms with E-state index in [2.05, 4.69) is 16.0 Å². The summed E-state index contributed by atoms with van der Waals surface area (Å²) in [4.78, 5) is 28.2. The van der Waals surface area contributed by atoms with Gasteiger partial charge in [-0.3, -0.25) is 9.59 Å². The molecule has 2 amide bonds. The molecule has 6 nitrogen and oxygen atoms in total. The van der Waals surface area contributed by atoms with Crippen molar-refractivity contribution in [2.24, 2.45) is 5.10 Å². The van der Waals surface area contributed by atoms with E-state index in [1.165, 1.54) is 0 Å². The summed E-state index contributed by atoms with van der Waals surface area (Å²) in [5.41, 5.74) is 8.38. The van der Waals surface area contributed by atoms with Gasteiger partial charge in [0.05, 0.1) is 11.6 Å². The molecule has 104 valence electrons. The van der Waals surface area contributed by atoms with E-state index in [9.17, 15) is 9.59 Å². The number of hydrazone groups is 1. The largest absolute Gasteiger partial charge is 0.378 e. The summed E-state index contributed by atoms with van der Waals surface area (Å²) in [5.74, 6) is 0.111. The third-order valence-corrected chi connectivity index (χ3v) is 3.59.